The first-order chi connectivity index (χ1) is 11.6. The molecule has 24 heavy (non-hydrogen) atoms. The molecule has 2 N–H and O–H groups in total. The average molecular weight is 366 g/mol. The van der Waals surface area contributed by atoms with Gasteiger partial charge in [-0.3, -0.25) is 9.59 Å². The van der Waals surface area contributed by atoms with Gasteiger partial charge in [0.05, 0.1) is 16.0 Å². The highest BCUT2D eigenvalue weighted by atomic mass is 32.1. The largest absolute Gasteiger partial charge is 0.361 e. The van der Waals surface area contributed by atoms with E-state index >= 15 is 0 Å². The van der Waals surface area contributed by atoms with E-state index in [9.17, 15) is 9.59 Å². The predicted octanol–water partition coefficient (Wildman–Crippen LogP) is 3.85. The summed E-state index contributed by atoms with van der Waals surface area (Å²) in [4.78, 5) is 29.5. The number of aryl methyl sites for hydroxylation is 1. The van der Waals surface area contributed by atoms with Crippen LogP contribution in [0.15, 0.2) is 17.6 Å². The van der Waals surface area contributed by atoms with Gasteiger partial charge in [-0.2, -0.15) is 0 Å². The molecule has 0 saturated carbocycles. The summed E-state index contributed by atoms with van der Waals surface area (Å²) in [6, 6.07) is 1.95. The summed E-state index contributed by atoms with van der Waals surface area (Å²) in [7, 11) is 0. The van der Waals surface area contributed by atoms with Gasteiger partial charge < -0.3 is 10.6 Å². The smallest absolute Gasteiger partial charge is 0.219 e. The number of thiazole rings is 1. The highest BCUT2D eigenvalue weighted by Crippen LogP contribution is 2.25. The fourth-order valence-electron chi connectivity index (χ4n) is 2.12. The van der Waals surface area contributed by atoms with Crippen LogP contribution < -0.4 is 10.6 Å². The second-order valence-electron chi connectivity index (χ2n) is 5.53. The molecule has 0 unspecified atom stereocenters. The number of carbonyl (C=O) groups excluding carboxylic acids is 2. The van der Waals surface area contributed by atoms with Crippen molar-refractivity contribution in [2.75, 3.05) is 18.4 Å². The summed E-state index contributed by atoms with van der Waals surface area (Å²) in [5, 5.41) is 8.78. The molecule has 0 atom stereocenters. The fourth-order valence-corrected chi connectivity index (χ4v) is 3.85. The Balaban J connectivity index is 1.72. The number of hydrogen-bond acceptors (Lipinski definition) is 6. The number of unbranched alkanes of at least 4 members (excludes halogenated alkanes) is 1. The van der Waals surface area contributed by atoms with E-state index in [1.54, 1.807) is 6.20 Å². The maximum absolute atomic E-state index is 12.4. The van der Waals surface area contributed by atoms with Crippen molar-refractivity contribution in [3.05, 3.63) is 33.0 Å². The second-order valence-corrected chi connectivity index (χ2v) is 7.47. The first-order valence-electron chi connectivity index (χ1n) is 8.17. The Morgan fingerprint density at radius 1 is 1.25 bits per heavy atom. The first-order valence-corrected chi connectivity index (χ1v) is 9.86. The normalized spacial score (nSPS) is 10.6. The van der Waals surface area contributed by atoms with E-state index in [-0.39, 0.29) is 11.7 Å². The van der Waals surface area contributed by atoms with Crippen molar-refractivity contribution in [3.63, 3.8) is 0 Å². The lowest BCUT2D eigenvalue weighted by Gasteiger charge is -2.05. The monoisotopic (exact) mass is 365 g/mol. The molecule has 0 bridgehead atoms. The number of ketones is 1. The third-order valence-corrected chi connectivity index (χ3v) is 5.48. The quantitative estimate of drug-likeness (QED) is 0.495. The Morgan fingerprint density at radius 3 is 2.79 bits per heavy atom. The van der Waals surface area contributed by atoms with Crippen LogP contribution in [0.5, 0.6) is 0 Å². The Kier molecular flexibility index (Phi) is 7.39. The van der Waals surface area contributed by atoms with Gasteiger partial charge in [-0.1, -0.05) is 24.7 Å². The van der Waals surface area contributed by atoms with E-state index in [1.807, 2.05) is 18.4 Å². The molecule has 2 aromatic rings. The number of carbonyl (C=O) groups is 2. The van der Waals surface area contributed by atoms with E-state index in [2.05, 4.69) is 22.5 Å². The molecule has 0 fully saturated rings. The van der Waals surface area contributed by atoms with Crippen LogP contribution in [0.1, 0.15) is 52.7 Å². The van der Waals surface area contributed by atoms with E-state index in [0.29, 0.717) is 24.4 Å². The number of nitrogens with one attached hydrogen (secondary N) is 2. The van der Waals surface area contributed by atoms with Gasteiger partial charge >= 0.3 is 0 Å². The van der Waals surface area contributed by atoms with Crippen molar-refractivity contribution >= 4 is 39.5 Å². The number of nitrogens with zero attached hydrogens (tertiary/aromatic N) is 1. The minimum atomic E-state index is 0.0382. The van der Waals surface area contributed by atoms with Gasteiger partial charge in [-0.05, 0) is 36.8 Å². The molecule has 0 spiro atoms. The molecule has 0 aliphatic heterocycles. The lowest BCUT2D eigenvalue weighted by atomic mass is 10.2. The molecule has 2 heterocycles. The molecular formula is C17H23N3O2S2. The minimum absolute atomic E-state index is 0.0382. The van der Waals surface area contributed by atoms with Crippen LogP contribution >= 0.6 is 22.7 Å². The van der Waals surface area contributed by atoms with Crippen molar-refractivity contribution < 1.29 is 9.59 Å². The Labute approximate surface area is 150 Å². The van der Waals surface area contributed by atoms with Gasteiger partial charge in [0.25, 0.3) is 0 Å². The number of thiophene rings is 1. The number of amides is 1. The van der Waals surface area contributed by atoms with Gasteiger partial charge in [0.1, 0.15) is 0 Å². The maximum Gasteiger partial charge on any atom is 0.219 e. The van der Waals surface area contributed by atoms with Crippen LogP contribution in [0.3, 0.4) is 0 Å². The molecule has 130 valence electrons. The molecule has 2 aromatic heterocycles. The molecular weight excluding hydrogens is 342 g/mol. The lowest BCUT2D eigenvalue weighted by Crippen LogP contribution is -2.25. The highest BCUT2D eigenvalue weighted by Gasteiger charge is 2.16. The Bertz CT molecular complexity index is 679. The summed E-state index contributed by atoms with van der Waals surface area (Å²) in [5.41, 5.74) is 1.01. The Hall–Kier alpha value is -1.73. The highest BCUT2D eigenvalue weighted by molar-refractivity contribution is 7.19. The van der Waals surface area contributed by atoms with Crippen LogP contribution in [-0.2, 0) is 4.79 Å². The van der Waals surface area contributed by atoms with Crippen LogP contribution in [0.4, 0.5) is 5.13 Å². The van der Waals surface area contributed by atoms with Gasteiger partial charge in [-0.25, -0.2) is 4.98 Å². The molecule has 0 radical (unpaired) electrons. The number of aromatic nitrogens is 1. The van der Waals surface area contributed by atoms with Gasteiger partial charge in [0.15, 0.2) is 5.13 Å². The number of anilines is 1. The molecule has 2 rings (SSSR count). The average Bonchev–Trinajstić information content (AvgIpc) is 3.21. The fraction of sp³-hybridized carbons (Fsp3) is 0.471. The zero-order chi connectivity index (χ0) is 17.4. The van der Waals surface area contributed by atoms with Crippen molar-refractivity contribution in [1.29, 1.82) is 0 Å². The van der Waals surface area contributed by atoms with Crippen molar-refractivity contribution in [2.24, 2.45) is 0 Å². The van der Waals surface area contributed by atoms with Crippen LogP contribution in [0.25, 0.3) is 0 Å². The summed E-state index contributed by atoms with van der Waals surface area (Å²) < 4.78 is 0. The maximum atomic E-state index is 12.4. The standard InChI is InChI=1S/C17H23N3O2S2/c1-3-4-6-14(21)18-8-5-9-19-17-20-11-13(24-17)15(22)16-12(2)7-10-23-16/h7,10-11H,3-6,8-9H2,1-2H3,(H,18,21)(H,19,20). The molecule has 5 nitrogen and oxygen atoms in total. The molecule has 7 heteroatoms. The van der Waals surface area contributed by atoms with E-state index < -0.39 is 0 Å². The predicted molar refractivity (Wildman–Crippen MR) is 100 cm³/mol. The third-order valence-electron chi connectivity index (χ3n) is 3.51. The lowest BCUT2D eigenvalue weighted by molar-refractivity contribution is -0.121. The summed E-state index contributed by atoms with van der Waals surface area (Å²) in [6.07, 6.45) is 5.02. The summed E-state index contributed by atoms with van der Waals surface area (Å²) >= 11 is 2.83. The molecule has 0 aliphatic rings. The summed E-state index contributed by atoms with van der Waals surface area (Å²) in [5.74, 6) is 0.154. The number of rotatable bonds is 10. The second kappa shape index (κ2) is 9.54. The van der Waals surface area contributed by atoms with Crippen LogP contribution in [0, 0.1) is 6.92 Å². The molecule has 1 amide bonds. The van der Waals surface area contributed by atoms with Crippen LogP contribution in [-0.4, -0.2) is 29.8 Å². The molecule has 0 saturated heterocycles. The van der Waals surface area contributed by atoms with E-state index in [4.69, 9.17) is 0 Å². The van der Waals surface area contributed by atoms with Crippen molar-refractivity contribution in [1.82, 2.24) is 10.3 Å². The zero-order valence-electron chi connectivity index (χ0n) is 14.1. The van der Waals surface area contributed by atoms with Crippen LogP contribution in [0.2, 0.25) is 0 Å². The van der Waals surface area contributed by atoms with Crippen molar-refractivity contribution in [3.8, 4) is 0 Å². The summed E-state index contributed by atoms with van der Waals surface area (Å²) in [6.45, 7) is 5.39. The molecule has 0 aliphatic carbocycles. The van der Waals surface area contributed by atoms with E-state index in [1.165, 1.54) is 22.7 Å². The topological polar surface area (TPSA) is 71.1 Å². The van der Waals surface area contributed by atoms with Crippen molar-refractivity contribution in [2.45, 2.75) is 39.5 Å². The number of hydrogen-bond donors (Lipinski definition) is 2. The Morgan fingerprint density at radius 2 is 2.08 bits per heavy atom. The van der Waals surface area contributed by atoms with Gasteiger partial charge in [0, 0.05) is 19.5 Å². The minimum Gasteiger partial charge on any atom is -0.361 e. The third kappa shape index (κ3) is 5.42. The van der Waals surface area contributed by atoms with E-state index in [0.717, 1.165) is 34.8 Å². The SMILES string of the molecule is CCCCC(=O)NCCCNc1ncc(C(=O)c2sccc2C)s1. The first kappa shape index (κ1) is 18.6. The zero-order valence-corrected chi connectivity index (χ0v) is 15.7. The van der Waals surface area contributed by atoms with Gasteiger partial charge in [0.2, 0.25) is 11.7 Å². The van der Waals surface area contributed by atoms with Gasteiger partial charge in [-0.15, -0.1) is 11.3 Å². The molecule has 0 aromatic carbocycles.